The monoisotopic (exact) mass is 154 g/mol. The van der Waals surface area contributed by atoms with Gasteiger partial charge in [0.1, 0.15) is 0 Å². The molecule has 0 saturated heterocycles. The summed E-state index contributed by atoms with van der Waals surface area (Å²) in [4.78, 5) is 0. The van der Waals surface area contributed by atoms with E-state index in [2.05, 4.69) is 0 Å². The second-order valence-corrected chi connectivity index (χ2v) is 1.24. The van der Waals surface area contributed by atoms with E-state index >= 15 is 0 Å². The average molecular weight is 154 g/mol. The predicted molar refractivity (Wildman–Crippen MR) is 18.2 cm³/mol. The highest BCUT2D eigenvalue weighted by Crippen LogP contribution is 1.85. The molecule has 0 atom stereocenters. The second kappa shape index (κ2) is 4.82. The molecule has 0 saturated carbocycles. The van der Waals surface area contributed by atoms with Gasteiger partial charge in [0.25, 0.3) is 0 Å². The molecule has 0 aliphatic carbocycles. The Bertz CT molecular complexity index is 108. The number of rotatable bonds is 0. The van der Waals surface area contributed by atoms with Gasteiger partial charge < -0.3 is 0 Å². The van der Waals surface area contributed by atoms with E-state index in [1.54, 1.807) is 0 Å². The van der Waals surface area contributed by atoms with E-state index in [-0.39, 0.29) is 0 Å². The molecule has 2 nitrogen and oxygen atoms in total. The summed E-state index contributed by atoms with van der Waals surface area (Å²) in [6.07, 6.45) is 0. The van der Waals surface area contributed by atoms with Gasteiger partial charge in [0.15, 0.2) is 0 Å². The summed E-state index contributed by atoms with van der Waals surface area (Å²) in [5.41, 5.74) is 0. The Balaban J connectivity index is 0. The third-order valence-electron chi connectivity index (χ3n) is 0. The van der Waals surface area contributed by atoms with Gasteiger partial charge in [-0.05, 0) is 0 Å². The lowest BCUT2D eigenvalue weighted by atomic mass is 11.7. The highest BCUT2D eigenvalue weighted by atomic mass is 32.3. The molecule has 0 aliphatic rings. The molecule has 0 amide bonds. The third kappa shape index (κ3) is 1140. The molecule has 0 N–H and O–H groups in total. The zero-order valence-electron chi connectivity index (χ0n) is 3.44. The normalized spacial score (nSPS) is 9.50. The summed E-state index contributed by atoms with van der Waals surface area (Å²) in [5, 5.41) is 0. The molecule has 0 aromatic rings. The van der Waals surface area contributed by atoms with Gasteiger partial charge in [0.2, 0.25) is 6.93 Å². The maximum Gasteiger partial charge on any atom is 0.476 e. The summed E-state index contributed by atoms with van der Waals surface area (Å²) in [7, 11) is -5.67. The maximum absolute atomic E-state index is 9.99. The van der Waals surface area contributed by atoms with E-state index < -0.39 is 17.5 Å². The van der Waals surface area contributed by atoms with Gasteiger partial charge >= 0.3 is 10.6 Å². The van der Waals surface area contributed by atoms with E-state index in [0.717, 1.165) is 0 Å². The van der Waals surface area contributed by atoms with Crippen LogP contribution < -0.4 is 0 Å². The van der Waals surface area contributed by atoms with Crippen molar-refractivity contribution in [2.75, 3.05) is 6.93 Å². The third-order valence-corrected chi connectivity index (χ3v) is 0. The lowest BCUT2D eigenvalue weighted by Crippen LogP contribution is -1.69. The van der Waals surface area contributed by atoms with Crippen molar-refractivity contribution in [3.8, 4) is 0 Å². The van der Waals surface area contributed by atoms with E-state index in [9.17, 15) is 16.6 Å². The van der Waals surface area contributed by atoms with E-state index in [1.807, 2.05) is 0 Å². The smallest absolute Gasteiger partial charge is 0.214 e. The molecule has 0 radical (unpaired) electrons. The zero-order chi connectivity index (χ0) is 7.21. The van der Waals surface area contributed by atoms with Crippen LogP contribution in [0.4, 0.5) is 16.6 Å². The quantitative estimate of drug-likeness (QED) is 0.386. The first-order valence-electron chi connectivity index (χ1n) is 1.18. The minimum Gasteiger partial charge on any atom is -0.214 e. The highest BCUT2D eigenvalue weighted by molar-refractivity contribution is 7.81. The van der Waals surface area contributed by atoms with Crippen molar-refractivity contribution >= 4 is 10.6 Å². The van der Waals surface area contributed by atoms with Gasteiger partial charge in [-0.2, -0.15) is 8.42 Å². The van der Waals surface area contributed by atoms with Gasteiger partial charge in [-0.1, -0.05) is 7.77 Å². The van der Waals surface area contributed by atoms with E-state index in [0.29, 0.717) is 0 Å². The lowest BCUT2D eigenvalue weighted by Gasteiger charge is -1.57. The SMILES string of the molecule is FCF.O=S(=O)(F)F. The Kier molecular flexibility index (Phi) is 6.39. The molecule has 0 unspecified atom stereocenters. The average Bonchev–Trinajstić information content (AvgIpc) is 1.27. The van der Waals surface area contributed by atoms with Crippen molar-refractivity contribution < 1.29 is 25.0 Å². The summed E-state index contributed by atoms with van der Waals surface area (Å²) >= 11 is 0. The van der Waals surface area contributed by atoms with Crippen molar-refractivity contribution in [3.63, 3.8) is 0 Å². The molecule has 0 bridgehead atoms. The largest absolute Gasteiger partial charge is 0.476 e. The summed E-state index contributed by atoms with van der Waals surface area (Å²) in [6.45, 7) is -1.75. The standard InChI is InChI=1S/CH2F2.F2O2S/c2-1-3;1-5(2,3)4/h1H2;. The fourth-order valence-electron chi connectivity index (χ4n) is 0. The Labute approximate surface area is 43.6 Å². The van der Waals surface area contributed by atoms with Crippen LogP contribution in [0.2, 0.25) is 0 Å². The molecule has 0 aromatic heterocycles. The van der Waals surface area contributed by atoms with Crippen molar-refractivity contribution in [3.05, 3.63) is 0 Å². The molecule has 0 spiro atoms. The Morgan fingerprint density at radius 3 is 1.12 bits per heavy atom. The Morgan fingerprint density at radius 2 is 1.12 bits per heavy atom. The minimum absolute atomic E-state index is 1.75. The Morgan fingerprint density at radius 1 is 1.12 bits per heavy atom. The molecule has 0 aliphatic heterocycles. The van der Waals surface area contributed by atoms with Crippen LogP contribution in [0.15, 0.2) is 0 Å². The van der Waals surface area contributed by atoms with Crippen molar-refractivity contribution in [2.45, 2.75) is 0 Å². The molecule has 8 heavy (non-hydrogen) atoms. The number of hydrogen-bond donors (Lipinski definition) is 0. The van der Waals surface area contributed by atoms with Crippen LogP contribution >= 0.6 is 0 Å². The van der Waals surface area contributed by atoms with Crippen molar-refractivity contribution in [2.24, 2.45) is 0 Å². The molecular formula is CH2F4O2S. The zero-order valence-corrected chi connectivity index (χ0v) is 4.26. The van der Waals surface area contributed by atoms with Gasteiger partial charge in [0, 0.05) is 0 Å². The first-order valence-corrected chi connectivity index (χ1v) is 2.46. The number of hydrogen-bond acceptors (Lipinski definition) is 2. The summed E-state index contributed by atoms with van der Waals surface area (Å²) in [5.74, 6) is 0. The van der Waals surface area contributed by atoms with Gasteiger partial charge in [-0.15, -0.1) is 0 Å². The molecule has 52 valence electrons. The fraction of sp³-hybridized carbons (Fsp3) is 1.00. The van der Waals surface area contributed by atoms with Crippen LogP contribution in [-0.2, 0) is 10.6 Å². The summed E-state index contributed by atoms with van der Waals surface area (Å²) in [6, 6.07) is 0. The van der Waals surface area contributed by atoms with Gasteiger partial charge in [-0.25, -0.2) is 8.78 Å². The molecule has 0 fully saturated rings. The molecule has 7 heteroatoms. The molecule has 0 rings (SSSR count). The number of alkyl halides is 2. The van der Waals surface area contributed by atoms with E-state index in [1.165, 1.54) is 0 Å². The Hall–Kier alpha value is -0.330. The minimum atomic E-state index is -5.67. The lowest BCUT2D eigenvalue weighted by molar-refractivity contribution is 0.295. The van der Waals surface area contributed by atoms with Crippen LogP contribution in [-0.4, -0.2) is 15.3 Å². The van der Waals surface area contributed by atoms with Gasteiger partial charge in [0.05, 0.1) is 0 Å². The first kappa shape index (κ1) is 10.6. The van der Waals surface area contributed by atoms with Gasteiger partial charge in [-0.3, -0.25) is 0 Å². The summed E-state index contributed by atoms with van der Waals surface area (Å²) < 4.78 is 55.8. The van der Waals surface area contributed by atoms with Crippen LogP contribution in [0.1, 0.15) is 0 Å². The molecular weight excluding hydrogens is 152 g/mol. The fourth-order valence-corrected chi connectivity index (χ4v) is 0. The van der Waals surface area contributed by atoms with Crippen molar-refractivity contribution in [1.29, 1.82) is 0 Å². The van der Waals surface area contributed by atoms with Crippen LogP contribution in [0.25, 0.3) is 0 Å². The molecule has 0 heterocycles. The predicted octanol–water partition coefficient (Wildman–Crippen LogP) is 1.05. The van der Waals surface area contributed by atoms with Crippen LogP contribution in [0.3, 0.4) is 0 Å². The van der Waals surface area contributed by atoms with Crippen LogP contribution in [0.5, 0.6) is 0 Å². The van der Waals surface area contributed by atoms with Crippen LogP contribution in [0, 0.1) is 0 Å². The first-order chi connectivity index (χ1) is 3.41. The molecule has 0 aromatic carbocycles. The van der Waals surface area contributed by atoms with Crippen molar-refractivity contribution in [1.82, 2.24) is 0 Å². The maximum atomic E-state index is 9.99. The highest BCUT2D eigenvalue weighted by Gasteiger charge is 1.94. The second-order valence-electron chi connectivity index (χ2n) is 0.479. The number of halogens is 4. The topological polar surface area (TPSA) is 34.1 Å². The van der Waals surface area contributed by atoms with E-state index in [4.69, 9.17) is 8.42 Å².